The lowest BCUT2D eigenvalue weighted by Gasteiger charge is -2.10. The van der Waals surface area contributed by atoms with Crippen molar-refractivity contribution in [3.05, 3.63) is 151 Å². The maximum Gasteiger partial charge on any atom is 0.226 e. The molecule has 0 saturated heterocycles. The van der Waals surface area contributed by atoms with Gasteiger partial charge in [-0.25, -0.2) is 4.98 Å². The largest absolute Gasteiger partial charge is 0.309 e. The number of para-hydroxylation sites is 4. The lowest BCUT2D eigenvalue weighted by molar-refractivity contribution is 1.06. The van der Waals surface area contributed by atoms with Crippen LogP contribution in [-0.2, 0) is 0 Å². The van der Waals surface area contributed by atoms with E-state index in [4.69, 9.17) is 16.6 Å². The van der Waals surface area contributed by atoms with Gasteiger partial charge in [-0.1, -0.05) is 72.8 Å². The minimum absolute atomic E-state index is 0.160. The minimum atomic E-state index is 0.160. The quantitative estimate of drug-likeness (QED) is 0.203. The molecule has 9 aromatic rings. The molecular formula is C39H24ClN5. The van der Waals surface area contributed by atoms with Gasteiger partial charge in [0, 0.05) is 44.0 Å². The van der Waals surface area contributed by atoms with Crippen molar-refractivity contribution >= 4 is 55.2 Å². The van der Waals surface area contributed by atoms with Crippen molar-refractivity contribution in [2.45, 2.75) is 0 Å². The van der Waals surface area contributed by atoms with Gasteiger partial charge in [0.25, 0.3) is 0 Å². The van der Waals surface area contributed by atoms with E-state index in [-0.39, 0.29) is 5.28 Å². The van der Waals surface area contributed by atoms with E-state index in [1.165, 1.54) is 27.2 Å². The van der Waals surface area contributed by atoms with Crippen molar-refractivity contribution in [3.8, 4) is 34.2 Å². The van der Waals surface area contributed by atoms with Crippen LogP contribution < -0.4 is 0 Å². The standard InChI is InChI=1S/C39H24ClN5/c40-39-42-37(25-18-21-28(22-19-25)45-33-15-7-4-12-29(33)30-13-5-8-16-34(30)45)41-38(43-39)26-20-23-36-32(24-26)31-14-6-9-17-35(31)44(36)27-10-2-1-3-11-27/h1-24H. The van der Waals surface area contributed by atoms with Crippen LogP contribution in [0, 0.1) is 0 Å². The first-order valence-corrected chi connectivity index (χ1v) is 15.2. The van der Waals surface area contributed by atoms with E-state index in [9.17, 15) is 0 Å². The van der Waals surface area contributed by atoms with Crippen LogP contribution >= 0.6 is 11.6 Å². The molecule has 0 bridgehead atoms. The highest BCUT2D eigenvalue weighted by Gasteiger charge is 2.16. The summed E-state index contributed by atoms with van der Waals surface area (Å²) in [5, 5.41) is 4.91. The summed E-state index contributed by atoms with van der Waals surface area (Å²) >= 11 is 6.52. The van der Waals surface area contributed by atoms with E-state index in [0.717, 1.165) is 38.9 Å². The van der Waals surface area contributed by atoms with Crippen molar-refractivity contribution in [1.82, 2.24) is 24.1 Å². The number of fused-ring (bicyclic) bond motifs is 6. The molecule has 0 spiro atoms. The average molecular weight is 598 g/mol. The molecule has 9 rings (SSSR count). The molecule has 45 heavy (non-hydrogen) atoms. The molecule has 0 N–H and O–H groups in total. The van der Waals surface area contributed by atoms with Crippen LogP contribution in [0.2, 0.25) is 5.28 Å². The molecular weight excluding hydrogens is 574 g/mol. The highest BCUT2D eigenvalue weighted by atomic mass is 35.5. The van der Waals surface area contributed by atoms with Crippen molar-refractivity contribution in [2.24, 2.45) is 0 Å². The summed E-state index contributed by atoms with van der Waals surface area (Å²) in [6, 6.07) is 50.5. The van der Waals surface area contributed by atoms with Crippen molar-refractivity contribution in [3.63, 3.8) is 0 Å². The molecule has 0 amide bonds. The Bertz CT molecular complexity index is 2490. The summed E-state index contributed by atoms with van der Waals surface area (Å²) in [7, 11) is 0. The van der Waals surface area contributed by atoms with Crippen LogP contribution in [0.4, 0.5) is 0 Å². The normalized spacial score (nSPS) is 11.7. The predicted octanol–water partition coefficient (Wildman–Crippen LogP) is 10.1. The fraction of sp³-hybridized carbons (Fsp3) is 0. The molecule has 0 aliphatic rings. The Hall–Kier alpha value is -5.78. The van der Waals surface area contributed by atoms with E-state index in [1.54, 1.807) is 0 Å². The first-order chi connectivity index (χ1) is 22.2. The Morgan fingerprint density at radius 2 is 0.822 bits per heavy atom. The van der Waals surface area contributed by atoms with Gasteiger partial charge in [-0.2, -0.15) is 9.97 Å². The zero-order valence-electron chi connectivity index (χ0n) is 24.0. The Labute approximate surface area is 263 Å². The molecule has 0 atom stereocenters. The van der Waals surface area contributed by atoms with E-state index >= 15 is 0 Å². The Morgan fingerprint density at radius 3 is 1.42 bits per heavy atom. The number of hydrogen-bond acceptors (Lipinski definition) is 3. The van der Waals surface area contributed by atoms with E-state index in [0.29, 0.717) is 11.6 Å². The summed E-state index contributed by atoms with van der Waals surface area (Å²) in [5.41, 5.74) is 8.53. The fourth-order valence-corrected chi connectivity index (χ4v) is 6.70. The molecule has 0 fully saturated rings. The third-order valence-electron chi connectivity index (χ3n) is 8.52. The molecule has 0 aliphatic carbocycles. The fourth-order valence-electron chi connectivity index (χ4n) is 6.54. The van der Waals surface area contributed by atoms with Gasteiger partial charge < -0.3 is 9.13 Å². The van der Waals surface area contributed by atoms with Crippen LogP contribution in [0.1, 0.15) is 0 Å². The maximum absolute atomic E-state index is 6.52. The second kappa shape index (κ2) is 10.2. The zero-order chi connectivity index (χ0) is 29.9. The molecule has 5 nitrogen and oxygen atoms in total. The summed E-state index contributed by atoms with van der Waals surface area (Å²) in [4.78, 5) is 13.9. The number of benzene rings is 6. The summed E-state index contributed by atoms with van der Waals surface area (Å²) < 4.78 is 4.58. The van der Waals surface area contributed by atoms with Gasteiger partial charge in [0.2, 0.25) is 5.28 Å². The zero-order valence-corrected chi connectivity index (χ0v) is 24.7. The van der Waals surface area contributed by atoms with Gasteiger partial charge in [-0.3, -0.25) is 0 Å². The highest BCUT2D eigenvalue weighted by Crippen LogP contribution is 2.35. The Morgan fingerprint density at radius 1 is 0.378 bits per heavy atom. The smallest absolute Gasteiger partial charge is 0.226 e. The Balaban J connectivity index is 1.14. The van der Waals surface area contributed by atoms with Crippen molar-refractivity contribution in [1.29, 1.82) is 0 Å². The third kappa shape index (κ3) is 4.13. The topological polar surface area (TPSA) is 48.5 Å². The first kappa shape index (κ1) is 25.7. The summed E-state index contributed by atoms with van der Waals surface area (Å²) in [5.74, 6) is 1.07. The lowest BCUT2D eigenvalue weighted by Crippen LogP contribution is -1.98. The molecule has 0 radical (unpaired) electrons. The molecule has 3 heterocycles. The lowest BCUT2D eigenvalue weighted by atomic mass is 10.1. The summed E-state index contributed by atoms with van der Waals surface area (Å²) in [6.07, 6.45) is 0. The number of hydrogen-bond donors (Lipinski definition) is 0. The van der Waals surface area contributed by atoms with Crippen LogP contribution in [-0.4, -0.2) is 24.1 Å². The Kier molecular flexibility index (Phi) is 5.80. The summed E-state index contributed by atoms with van der Waals surface area (Å²) in [6.45, 7) is 0. The number of aromatic nitrogens is 5. The van der Waals surface area contributed by atoms with Crippen LogP contribution in [0.25, 0.3) is 77.8 Å². The molecule has 6 heteroatoms. The predicted molar refractivity (Wildman–Crippen MR) is 184 cm³/mol. The van der Waals surface area contributed by atoms with Crippen LogP contribution in [0.15, 0.2) is 146 Å². The van der Waals surface area contributed by atoms with Gasteiger partial charge in [0.15, 0.2) is 11.6 Å². The third-order valence-corrected chi connectivity index (χ3v) is 8.69. The molecule has 0 saturated carbocycles. The second-order valence-corrected chi connectivity index (χ2v) is 11.4. The number of rotatable bonds is 4. The van der Waals surface area contributed by atoms with Crippen LogP contribution in [0.3, 0.4) is 0 Å². The van der Waals surface area contributed by atoms with Gasteiger partial charge in [-0.15, -0.1) is 0 Å². The highest BCUT2D eigenvalue weighted by molar-refractivity contribution is 6.28. The molecule has 212 valence electrons. The second-order valence-electron chi connectivity index (χ2n) is 11.1. The van der Waals surface area contributed by atoms with E-state index in [2.05, 4.69) is 146 Å². The monoisotopic (exact) mass is 597 g/mol. The van der Waals surface area contributed by atoms with Gasteiger partial charge in [0.05, 0.1) is 22.1 Å². The van der Waals surface area contributed by atoms with Crippen molar-refractivity contribution < 1.29 is 0 Å². The minimum Gasteiger partial charge on any atom is -0.309 e. The van der Waals surface area contributed by atoms with E-state index < -0.39 is 0 Å². The SMILES string of the molecule is Clc1nc(-c2ccc(-n3c4ccccc4c4ccccc43)cc2)nc(-c2ccc3c(c2)c2ccccc2n3-c2ccccc2)n1. The van der Waals surface area contributed by atoms with Gasteiger partial charge in [-0.05, 0) is 84.4 Å². The molecule has 3 aromatic heterocycles. The maximum atomic E-state index is 6.52. The molecule has 0 unspecified atom stereocenters. The van der Waals surface area contributed by atoms with Gasteiger partial charge >= 0.3 is 0 Å². The number of halogens is 1. The van der Waals surface area contributed by atoms with Gasteiger partial charge in [0.1, 0.15) is 0 Å². The molecule has 6 aromatic carbocycles. The van der Waals surface area contributed by atoms with Crippen molar-refractivity contribution in [2.75, 3.05) is 0 Å². The number of nitrogens with zero attached hydrogens (tertiary/aromatic N) is 5. The van der Waals surface area contributed by atoms with Crippen LogP contribution in [0.5, 0.6) is 0 Å². The molecule has 0 aliphatic heterocycles. The average Bonchev–Trinajstić information content (AvgIpc) is 3.61. The first-order valence-electron chi connectivity index (χ1n) is 14.8. The van der Waals surface area contributed by atoms with E-state index in [1.807, 2.05) is 18.2 Å².